The summed E-state index contributed by atoms with van der Waals surface area (Å²) in [5.41, 5.74) is 5.51. The van der Waals surface area contributed by atoms with Crippen LogP contribution in [0.2, 0.25) is 0 Å². The Bertz CT molecular complexity index is 142. The van der Waals surface area contributed by atoms with Gasteiger partial charge in [-0.3, -0.25) is 0 Å². The molecule has 0 heterocycles. The Labute approximate surface area is 94.2 Å². The molecule has 0 bridgehead atoms. The van der Waals surface area contributed by atoms with Gasteiger partial charge in [-0.2, -0.15) is 0 Å². The van der Waals surface area contributed by atoms with Gasteiger partial charge in [0.2, 0.25) is 0 Å². The van der Waals surface area contributed by atoms with E-state index in [1.165, 1.54) is 0 Å². The second-order valence-electron chi connectivity index (χ2n) is 4.41. The summed E-state index contributed by atoms with van der Waals surface area (Å²) in [4.78, 5) is 2.18. The van der Waals surface area contributed by atoms with Gasteiger partial charge in [-0.1, -0.05) is 0 Å². The highest BCUT2D eigenvalue weighted by Gasteiger charge is 2.11. The van der Waals surface area contributed by atoms with Crippen molar-refractivity contribution in [1.29, 1.82) is 0 Å². The standard InChI is InChI=1S/C11H27N3O/c1-10(8-14(2)3)13-11(9-15-4)6-5-7-12/h10-11,13H,5-9,12H2,1-4H3. The van der Waals surface area contributed by atoms with Crippen LogP contribution in [-0.2, 0) is 4.74 Å². The first-order chi connectivity index (χ1) is 7.10. The third kappa shape index (κ3) is 8.81. The molecule has 0 fully saturated rings. The first-order valence-corrected chi connectivity index (χ1v) is 5.70. The van der Waals surface area contributed by atoms with E-state index in [2.05, 4.69) is 31.2 Å². The molecule has 0 aliphatic heterocycles. The van der Waals surface area contributed by atoms with Crippen molar-refractivity contribution in [2.24, 2.45) is 5.73 Å². The minimum Gasteiger partial charge on any atom is -0.383 e. The zero-order valence-electron chi connectivity index (χ0n) is 10.6. The predicted octanol–water partition coefficient (Wildman–Crippen LogP) is 0.280. The van der Waals surface area contributed by atoms with Crippen LogP contribution < -0.4 is 11.1 Å². The summed E-state index contributed by atoms with van der Waals surface area (Å²) in [6.07, 6.45) is 2.14. The van der Waals surface area contributed by atoms with E-state index < -0.39 is 0 Å². The topological polar surface area (TPSA) is 50.5 Å². The molecule has 0 aromatic heterocycles. The quantitative estimate of drug-likeness (QED) is 0.582. The van der Waals surface area contributed by atoms with Crippen LogP contribution in [0.1, 0.15) is 19.8 Å². The Kier molecular flexibility index (Phi) is 9.00. The predicted molar refractivity (Wildman–Crippen MR) is 65.1 cm³/mol. The second kappa shape index (κ2) is 9.09. The lowest BCUT2D eigenvalue weighted by Gasteiger charge is -2.24. The summed E-state index contributed by atoms with van der Waals surface area (Å²) >= 11 is 0. The van der Waals surface area contributed by atoms with Crippen LogP contribution in [0, 0.1) is 0 Å². The van der Waals surface area contributed by atoms with Gasteiger partial charge in [0, 0.05) is 25.7 Å². The van der Waals surface area contributed by atoms with Gasteiger partial charge in [-0.25, -0.2) is 0 Å². The van der Waals surface area contributed by atoms with Gasteiger partial charge in [0.1, 0.15) is 0 Å². The number of nitrogens with one attached hydrogen (secondary N) is 1. The molecule has 0 aromatic carbocycles. The molecule has 0 aliphatic carbocycles. The Morgan fingerprint density at radius 1 is 1.40 bits per heavy atom. The third-order valence-corrected chi connectivity index (χ3v) is 2.28. The van der Waals surface area contributed by atoms with Crippen LogP contribution in [0.25, 0.3) is 0 Å². The molecule has 0 amide bonds. The van der Waals surface area contributed by atoms with Crippen LogP contribution in [0.15, 0.2) is 0 Å². The average Bonchev–Trinajstić information content (AvgIpc) is 2.13. The number of methoxy groups -OCH3 is 1. The molecule has 4 heteroatoms. The molecule has 92 valence electrons. The monoisotopic (exact) mass is 217 g/mol. The highest BCUT2D eigenvalue weighted by atomic mass is 16.5. The van der Waals surface area contributed by atoms with Gasteiger partial charge in [-0.15, -0.1) is 0 Å². The van der Waals surface area contributed by atoms with Gasteiger partial charge in [0.05, 0.1) is 6.61 Å². The van der Waals surface area contributed by atoms with Gasteiger partial charge in [-0.05, 0) is 40.4 Å². The lowest BCUT2D eigenvalue weighted by molar-refractivity contribution is 0.153. The van der Waals surface area contributed by atoms with E-state index in [1.54, 1.807) is 7.11 Å². The number of nitrogens with zero attached hydrogens (tertiary/aromatic N) is 1. The molecule has 15 heavy (non-hydrogen) atoms. The molecular formula is C11H27N3O. The Morgan fingerprint density at radius 2 is 2.07 bits per heavy atom. The smallest absolute Gasteiger partial charge is 0.0615 e. The maximum absolute atomic E-state index is 5.51. The lowest BCUT2D eigenvalue weighted by atomic mass is 10.1. The highest BCUT2D eigenvalue weighted by Crippen LogP contribution is 1.99. The molecule has 4 nitrogen and oxygen atoms in total. The molecule has 0 rings (SSSR count). The van der Waals surface area contributed by atoms with Crippen molar-refractivity contribution in [3.63, 3.8) is 0 Å². The first-order valence-electron chi connectivity index (χ1n) is 5.70. The van der Waals surface area contributed by atoms with Crippen molar-refractivity contribution >= 4 is 0 Å². The van der Waals surface area contributed by atoms with E-state index >= 15 is 0 Å². The highest BCUT2D eigenvalue weighted by molar-refractivity contribution is 4.72. The minimum absolute atomic E-state index is 0.425. The van der Waals surface area contributed by atoms with Crippen molar-refractivity contribution in [2.75, 3.05) is 40.9 Å². The van der Waals surface area contributed by atoms with Gasteiger partial charge >= 0.3 is 0 Å². The van der Waals surface area contributed by atoms with Crippen molar-refractivity contribution in [3.05, 3.63) is 0 Å². The largest absolute Gasteiger partial charge is 0.383 e. The molecule has 3 N–H and O–H groups in total. The Morgan fingerprint density at radius 3 is 2.53 bits per heavy atom. The van der Waals surface area contributed by atoms with Crippen molar-refractivity contribution in [3.8, 4) is 0 Å². The normalized spacial score (nSPS) is 15.6. The lowest BCUT2D eigenvalue weighted by Crippen LogP contribution is -2.44. The molecule has 2 atom stereocenters. The van der Waals surface area contributed by atoms with E-state index in [0.29, 0.717) is 12.1 Å². The van der Waals surface area contributed by atoms with Gasteiger partial charge in [0.25, 0.3) is 0 Å². The van der Waals surface area contributed by atoms with E-state index in [4.69, 9.17) is 10.5 Å². The molecule has 0 radical (unpaired) electrons. The molecule has 0 aliphatic rings. The molecular weight excluding hydrogens is 190 g/mol. The zero-order chi connectivity index (χ0) is 11.7. The number of likely N-dealkylation sites (N-methyl/N-ethyl adjacent to an activating group) is 1. The number of hydrogen-bond donors (Lipinski definition) is 2. The maximum Gasteiger partial charge on any atom is 0.0615 e. The van der Waals surface area contributed by atoms with Gasteiger partial charge in [0.15, 0.2) is 0 Å². The van der Waals surface area contributed by atoms with Crippen LogP contribution in [0.5, 0.6) is 0 Å². The van der Waals surface area contributed by atoms with Crippen molar-refractivity contribution < 1.29 is 4.74 Å². The number of ether oxygens (including phenoxy) is 1. The summed E-state index contributed by atoms with van der Waals surface area (Å²) in [6, 6.07) is 0.909. The summed E-state index contributed by atoms with van der Waals surface area (Å²) in [7, 11) is 5.92. The zero-order valence-corrected chi connectivity index (χ0v) is 10.6. The third-order valence-electron chi connectivity index (χ3n) is 2.28. The number of nitrogens with two attached hydrogens (primary N) is 1. The van der Waals surface area contributed by atoms with Crippen LogP contribution in [-0.4, -0.2) is 57.9 Å². The van der Waals surface area contributed by atoms with Crippen LogP contribution in [0.3, 0.4) is 0 Å². The summed E-state index contributed by atoms with van der Waals surface area (Å²) in [5.74, 6) is 0. The van der Waals surface area contributed by atoms with Crippen LogP contribution >= 0.6 is 0 Å². The first kappa shape index (κ1) is 14.8. The van der Waals surface area contributed by atoms with E-state index in [1.807, 2.05) is 0 Å². The molecule has 2 unspecified atom stereocenters. The van der Waals surface area contributed by atoms with E-state index in [-0.39, 0.29) is 0 Å². The average molecular weight is 217 g/mol. The minimum atomic E-state index is 0.425. The fourth-order valence-corrected chi connectivity index (χ4v) is 1.78. The fraction of sp³-hybridized carbons (Fsp3) is 1.00. The number of rotatable bonds is 9. The van der Waals surface area contributed by atoms with Crippen molar-refractivity contribution in [2.45, 2.75) is 31.8 Å². The Balaban J connectivity index is 3.80. The van der Waals surface area contributed by atoms with E-state index in [0.717, 1.165) is 32.5 Å². The summed E-state index contributed by atoms with van der Waals surface area (Å²) in [6.45, 7) is 4.76. The summed E-state index contributed by atoms with van der Waals surface area (Å²) < 4.78 is 5.19. The maximum atomic E-state index is 5.51. The molecule has 0 spiro atoms. The second-order valence-corrected chi connectivity index (χ2v) is 4.41. The molecule has 0 saturated heterocycles. The fourth-order valence-electron chi connectivity index (χ4n) is 1.78. The SMILES string of the molecule is COCC(CCCN)NC(C)CN(C)C. The molecule has 0 aromatic rings. The molecule has 0 saturated carbocycles. The number of hydrogen-bond acceptors (Lipinski definition) is 4. The van der Waals surface area contributed by atoms with E-state index in [9.17, 15) is 0 Å². The van der Waals surface area contributed by atoms with Gasteiger partial charge < -0.3 is 20.7 Å². The summed E-state index contributed by atoms with van der Waals surface area (Å²) in [5, 5.41) is 3.56. The van der Waals surface area contributed by atoms with Crippen LogP contribution in [0.4, 0.5) is 0 Å². The van der Waals surface area contributed by atoms with Crippen molar-refractivity contribution in [1.82, 2.24) is 10.2 Å². The Hall–Kier alpha value is -0.160.